The van der Waals surface area contributed by atoms with Crippen molar-refractivity contribution < 1.29 is 9.90 Å². The predicted molar refractivity (Wildman–Crippen MR) is 74.5 cm³/mol. The summed E-state index contributed by atoms with van der Waals surface area (Å²) in [6.45, 7) is 6.68. The third kappa shape index (κ3) is 3.02. The molecular weight excluding hydrogens is 242 g/mol. The van der Waals surface area contributed by atoms with Gasteiger partial charge in [-0.25, -0.2) is 4.79 Å². The van der Waals surface area contributed by atoms with Crippen LogP contribution >= 0.6 is 0 Å². The van der Waals surface area contributed by atoms with Gasteiger partial charge in [0.1, 0.15) is 5.56 Å². The standard InChI is InChI=1S/C14H19N3O2/c1-5-9-17(8-4)13-12(14(18)19)10(6-2)11(7-3)15-16-13/h1H,6-9H2,2-4H3,(H,18,19). The Kier molecular flexibility index (Phi) is 5.31. The van der Waals surface area contributed by atoms with Crippen molar-refractivity contribution in [2.45, 2.75) is 33.6 Å². The molecule has 0 saturated carbocycles. The second kappa shape index (κ2) is 6.74. The number of aromatic nitrogens is 2. The highest BCUT2D eigenvalue weighted by atomic mass is 16.4. The fourth-order valence-electron chi connectivity index (χ4n) is 2.05. The van der Waals surface area contributed by atoms with Crippen molar-refractivity contribution in [3.63, 3.8) is 0 Å². The summed E-state index contributed by atoms with van der Waals surface area (Å²) in [6.07, 6.45) is 6.58. The number of carboxylic acid groups (broad SMARTS) is 1. The Morgan fingerprint density at radius 2 is 2.00 bits per heavy atom. The molecule has 0 aliphatic heterocycles. The first-order chi connectivity index (χ1) is 9.10. The minimum absolute atomic E-state index is 0.228. The Morgan fingerprint density at radius 3 is 2.42 bits per heavy atom. The van der Waals surface area contributed by atoms with Crippen molar-refractivity contribution in [3.05, 3.63) is 16.8 Å². The lowest BCUT2D eigenvalue weighted by atomic mass is 10.0. The molecule has 0 aromatic carbocycles. The first-order valence-corrected chi connectivity index (χ1v) is 6.40. The van der Waals surface area contributed by atoms with E-state index in [0.29, 0.717) is 31.7 Å². The van der Waals surface area contributed by atoms with E-state index >= 15 is 0 Å². The van der Waals surface area contributed by atoms with Gasteiger partial charge >= 0.3 is 5.97 Å². The van der Waals surface area contributed by atoms with E-state index in [0.717, 1.165) is 11.3 Å². The van der Waals surface area contributed by atoms with E-state index in [9.17, 15) is 9.90 Å². The van der Waals surface area contributed by atoms with E-state index in [1.165, 1.54) is 0 Å². The van der Waals surface area contributed by atoms with Crippen molar-refractivity contribution >= 4 is 11.8 Å². The summed E-state index contributed by atoms with van der Waals surface area (Å²) in [6, 6.07) is 0. The van der Waals surface area contributed by atoms with Crippen LogP contribution in [0.25, 0.3) is 0 Å². The average molecular weight is 261 g/mol. The Morgan fingerprint density at radius 1 is 1.32 bits per heavy atom. The molecule has 0 amide bonds. The Hall–Kier alpha value is -2.09. The first kappa shape index (κ1) is 15.0. The molecular formula is C14H19N3O2. The molecule has 0 fully saturated rings. The number of carboxylic acids is 1. The predicted octanol–water partition coefficient (Wildman–Crippen LogP) is 1.76. The topological polar surface area (TPSA) is 66.3 Å². The number of anilines is 1. The van der Waals surface area contributed by atoms with E-state index in [2.05, 4.69) is 16.1 Å². The molecule has 0 radical (unpaired) electrons. The Bertz CT molecular complexity index is 506. The molecule has 0 aliphatic carbocycles. The van der Waals surface area contributed by atoms with E-state index in [1.807, 2.05) is 20.8 Å². The highest BCUT2D eigenvalue weighted by molar-refractivity contribution is 5.95. The minimum Gasteiger partial charge on any atom is -0.478 e. The van der Waals surface area contributed by atoms with Crippen LogP contribution in [-0.2, 0) is 12.8 Å². The van der Waals surface area contributed by atoms with Crippen LogP contribution in [0.15, 0.2) is 0 Å². The van der Waals surface area contributed by atoms with Crippen LogP contribution in [0.2, 0.25) is 0 Å². The van der Waals surface area contributed by atoms with Gasteiger partial charge in [-0.3, -0.25) is 0 Å². The summed E-state index contributed by atoms with van der Waals surface area (Å²) in [5, 5.41) is 17.7. The fourth-order valence-corrected chi connectivity index (χ4v) is 2.05. The maximum absolute atomic E-state index is 11.5. The van der Waals surface area contributed by atoms with Gasteiger partial charge in [0, 0.05) is 6.54 Å². The summed E-state index contributed by atoms with van der Waals surface area (Å²) >= 11 is 0. The zero-order chi connectivity index (χ0) is 14.4. The highest BCUT2D eigenvalue weighted by Crippen LogP contribution is 2.23. The lowest BCUT2D eigenvalue weighted by Gasteiger charge is -2.22. The van der Waals surface area contributed by atoms with E-state index in [-0.39, 0.29) is 5.56 Å². The third-order valence-corrected chi connectivity index (χ3v) is 3.00. The van der Waals surface area contributed by atoms with Gasteiger partial charge in [-0.05, 0) is 25.3 Å². The van der Waals surface area contributed by atoms with Gasteiger partial charge in [0.05, 0.1) is 12.2 Å². The number of aryl methyl sites for hydroxylation is 1. The summed E-state index contributed by atoms with van der Waals surface area (Å²) in [5.41, 5.74) is 1.71. The molecule has 0 aliphatic rings. The normalized spacial score (nSPS) is 10.0. The summed E-state index contributed by atoms with van der Waals surface area (Å²) < 4.78 is 0. The van der Waals surface area contributed by atoms with E-state index < -0.39 is 5.97 Å². The molecule has 1 heterocycles. The molecule has 102 valence electrons. The van der Waals surface area contributed by atoms with Crippen molar-refractivity contribution in [1.29, 1.82) is 0 Å². The third-order valence-electron chi connectivity index (χ3n) is 3.00. The molecule has 5 nitrogen and oxygen atoms in total. The second-order valence-electron chi connectivity index (χ2n) is 4.05. The van der Waals surface area contributed by atoms with Gasteiger partial charge in [0.15, 0.2) is 5.82 Å². The van der Waals surface area contributed by atoms with Crippen LogP contribution in [0.1, 0.15) is 42.4 Å². The molecule has 1 aromatic heterocycles. The Balaban J connectivity index is 3.48. The SMILES string of the molecule is C#CCN(CC)c1nnc(CC)c(CC)c1C(=O)O. The van der Waals surface area contributed by atoms with Gasteiger partial charge in [-0.1, -0.05) is 19.8 Å². The van der Waals surface area contributed by atoms with Crippen molar-refractivity contribution in [2.75, 3.05) is 18.0 Å². The lowest BCUT2D eigenvalue weighted by Crippen LogP contribution is -2.28. The van der Waals surface area contributed by atoms with Crippen LogP contribution in [0.4, 0.5) is 5.82 Å². The summed E-state index contributed by atoms with van der Waals surface area (Å²) in [4.78, 5) is 13.3. The molecule has 0 bridgehead atoms. The summed E-state index contributed by atoms with van der Waals surface area (Å²) in [5.74, 6) is 1.90. The molecule has 0 unspecified atom stereocenters. The average Bonchev–Trinajstić information content (AvgIpc) is 2.42. The van der Waals surface area contributed by atoms with Gasteiger partial charge in [0.2, 0.25) is 0 Å². The van der Waals surface area contributed by atoms with Gasteiger partial charge in [0.25, 0.3) is 0 Å². The Labute approximate surface area is 113 Å². The molecule has 0 spiro atoms. The maximum Gasteiger partial charge on any atom is 0.339 e. The molecule has 5 heteroatoms. The molecule has 1 aromatic rings. The van der Waals surface area contributed by atoms with Gasteiger partial charge < -0.3 is 10.0 Å². The minimum atomic E-state index is -0.980. The van der Waals surface area contributed by atoms with Crippen molar-refractivity contribution in [3.8, 4) is 12.3 Å². The van der Waals surface area contributed by atoms with E-state index in [1.54, 1.807) is 4.90 Å². The number of nitrogens with zero attached hydrogens (tertiary/aromatic N) is 3. The number of aromatic carboxylic acids is 1. The summed E-state index contributed by atoms with van der Waals surface area (Å²) in [7, 11) is 0. The van der Waals surface area contributed by atoms with Crippen LogP contribution < -0.4 is 4.90 Å². The van der Waals surface area contributed by atoms with Crippen LogP contribution in [0, 0.1) is 12.3 Å². The maximum atomic E-state index is 11.5. The van der Waals surface area contributed by atoms with Gasteiger partial charge in [-0.15, -0.1) is 11.5 Å². The second-order valence-corrected chi connectivity index (χ2v) is 4.05. The molecule has 1 rings (SSSR count). The van der Waals surface area contributed by atoms with Crippen LogP contribution in [0.3, 0.4) is 0 Å². The van der Waals surface area contributed by atoms with Crippen LogP contribution in [-0.4, -0.2) is 34.4 Å². The van der Waals surface area contributed by atoms with Crippen molar-refractivity contribution in [1.82, 2.24) is 10.2 Å². The van der Waals surface area contributed by atoms with E-state index in [4.69, 9.17) is 6.42 Å². The quantitative estimate of drug-likeness (QED) is 0.790. The molecule has 19 heavy (non-hydrogen) atoms. The fraction of sp³-hybridized carbons (Fsp3) is 0.500. The molecule has 0 saturated heterocycles. The number of hydrogen-bond donors (Lipinski definition) is 1. The van der Waals surface area contributed by atoms with Crippen LogP contribution in [0.5, 0.6) is 0 Å². The number of terminal acetylenes is 1. The molecule has 0 atom stereocenters. The monoisotopic (exact) mass is 261 g/mol. The zero-order valence-electron chi connectivity index (χ0n) is 11.6. The van der Waals surface area contributed by atoms with Crippen molar-refractivity contribution in [2.24, 2.45) is 0 Å². The lowest BCUT2D eigenvalue weighted by molar-refractivity contribution is 0.0695. The molecule has 1 N–H and O–H groups in total. The number of carbonyl (C=O) groups is 1. The largest absolute Gasteiger partial charge is 0.478 e. The number of rotatable bonds is 6. The number of hydrogen-bond acceptors (Lipinski definition) is 4. The first-order valence-electron chi connectivity index (χ1n) is 6.40. The smallest absolute Gasteiger partial charge is 0.339 e. The highest BCUT2D eigenvalue weighted by Gasteiger charge is 2.23. The zero-order valence-corrected chi connectivity index (χ0v) is 11.6. The van der Waals surface area contributed by atoms with Gasteiger partial charge in [-0.2, -0.15) is 5.10 Å².